The number of phenols is 1. The Morgan fingerprint density at radius 2 is 1.86 bits per heavy atom. The summed E-state index contributed by atoms with van der Waals surface area (Å²) in [6, 6.07) is 3.23. The first-order valence-corrected chi connectivity index (χ1v) is 4.87. The predicted octanol–water partition coefficient (Wildman–Crippen LogP) is 2.84. The van der Waals surface area contributed by atoms with Crippen LogP contribution in [0.2, 0.25) is 5.02 Å². The van der Waals surface area contributed by atoms with Crippen LogP contribution in [0, 0.1) is 0 Å². The van der Waals surface area contributed by atoms with Crippen molar-refractivity contribution < 1.29 is 10.2 Å². The van der Waals surface area contributed by atoms with Crippen molar-refractivity contribution in [1.82, 2.24) is 0 Å². The molecule has 0 spiro atoms. The highest BCUT2D eigenvalue weighted by atomic mass is 35.5. The molecule has 0 aromatic heterocycles. The molecule has 0 amide bonds. The maximum absolute atomic E-state index is 9.71. The number of rotatable bonds is 1. The van der Waals surface area contributed by atoms with E-state index < -0.39 is 0 Å². The Morgan fingerprint density at radius 1 is 1.29 bits per heavy atom. The molecular weight excluding hydrogens is 200 g/mol. The second-order valence-corrected chi connectivity index (χ2v) is 4.78. The molecule has 78 valence electrons. The summed E-state index contributed by atoms with van der Waals surface area (Å²) in [6.07, 6.45) is 0. The zero-order chi connectivity index (χ0) is 10.9. The van der Waals surface area contributed by atoms with Gasteiger partial charge in [-0.05, 0) is 23.1 Å². The minimum atomic E-state index is -0.156. The number of halogens is 1. The van der Waals surface area contributed by atoms with Gasteiger partial charge in [0.2, 0.25) is 0 Å². The van der Waals surface area contributed by atoms with Crippen LogP contribution >= 0.6 is 11.6 Å². The van der Waals surface area contributed by atoms with Gasteiger partial charge in [0.15, 0.2) is 0 Å². The van der Waals surface area contributed by atoms with Gasteiger partial charge in [0.05, 0.1) is 6.61 Å². The minimum Gasteiger partial charge on any atom is -0.508 e. The molecular formula is C11H15ClO2. The van der Waals surface area contributed by atoms with Gasteiger partial charge in [-0.1, -0.05) is 32.4 Å². The van der Waals surface area contributed by atoms with Gasteiger partial charge in [-0.2, -0.15) is 0 Å². The lowest BCUT2D eigenvalue weighted by molar-refractivity contribution is 0.281. The highest BCUT2D eigenvalue weighted by Gasteiger charge is 2.19. The third kappa shape index (κ3) is 2.20. The molecule has 0 fully saturated rings. The van der Waals surface area contributed by atoms with E-state index in [4.69, 9.17) is 16.7 Å². The average molecular weight is 215 g/mol. The van der Waals surface area contributed by atoms with Gasteiger partial charge in [-0.3, -0.25) is 0 Å². The molecule has 2 N–H and O–H groups in total. The van der Waals surface area contributed by atoms with Crippen molar-refractivity contribution in [3.05, 3.63) is 28.3 Å². The Bertz CT molecular complexity index is 340. The zero-order valence-electron chi connectivity index (χ0n) is 8.63. The Balaban J connectivity index is 3.29. The lowest BCUT2D eigenvalue weighted by Crippen LogP contribution is -2.11. The number of aliphatic hydroxyl groups is 1. The summed E-state index contributed by atoms with van der Waals surface area (Å²) >= 11 is 5.94. The van der Waals surface area contributed by atoms with Crippen molar-refractivity contribution >= 4 is 11.6 Å². The number of aliphatic hydroxyl groups excluding tert-OH is 1. The Kier molecular flexibility index (Phi) is 3.07. The van der Waals surface area contributed by atoms with Crippen LogP contribution in [0.4, 0.5) is 0 Å². The first-order valence-electron chi connectivity index (χ1n) is 4.49. The normalized spacial score (nSPS) is 11.8. The molecule has 14 heavy (non-hydrogen) atoms. The number of benzene rings is 1. The Morgan fingerprint density at radius 3 is 2.29 bits per heavy atom. The first kappa shape index (κ1) is 11.3. The van der Waals surface area contributed by atoms with Crippen molar-refractivity contribution in [3.63, 3.8) is 0 Å². The molecule has 0 aliphatic rings. The molecule has 3 heteroatoms. The van der Waals surface area contributed by atoms with E-state index in [0.29, 0.717) is 10.6 Å². The second kappa shape index (κ2) is 3.79. The van der Waals surface area contributed by atoms with E-state index in [-0.39, 0.29) is 17.8 Å². The SMILES string of the molecule is CC(C)(C)c1cc(Cl)c(CO)cc1O. The maximum atomic E-state index is 9.71. The highest BCUT2D eigenvalue weighted by Crippen LogP contribution is 2.34. The molecule has 2 nitrogen and oxygen atoms in total. The van der Waals surface area contributed by atoms with E-state index in [1.165, 1.54) is 6.07 Å². The van der Waals surface area contributed by atoms with Crippen LogP contribution < -0.4 is 0 Å². The van der Waals surface area contributed by atoms with E-state index in [9.17, 15) is 5.11 Å². The van der Waals surface area contributed by atoms with Crippen molar-refractivity contribution in [2.45, 2.75) is 32.8 Å². The summed E-state index contributed by atoms with van der Waals surface area (Å²) in [6.45, 7) is 5.84. The van der Waals surface area contributed by atoms with E-state index in [1.54, 1.807) is 6.07 Å². The molecule has 1 aromatic carbocycles. The van der Waals surface area contributed by atoms with Crippen LogP contribution in [0.5, 0.6) is 5.75 Å². The monoisotopic (exact) mass is 214 g/mol. The summed E-state index contributed by atoms with van der Waals surface area (Å²) in [5, 5.41) is 19.1. The number of phenolic OH excluding ortho intramolecular Hbond substituents is 1. The number of hydrogen-bond acceptors (Lipinski definition) is 2. The van der Waals surface area contributed by atoms with Crippen LogP contribution in [0.1, 0.15) is 31.9 Å². The van der Waals surface area contributed by atoms with Gasteiger partial charge >= 0.3 is 0 Å². The fourth-order valence-electron chi connectivity index (χ4n) is 1.33. The van der Waals surface area contributed by atoms with Crippen molar-refractivity contribution in [2.75, 3.05) is 0 Å². The molecule has 0 saturated carbocycles. The predicted molar refractivity (Wildman–Crippen MR) is 57.7 cm³/mol. The molecule has 0 aliphatic carbocycles. The van der Waals surface area contributed by atoms with Crippen molar-refractivity contribution in [3.8, 4) is 5.75 Å². The molecule has 0 bridgehead atoms. The molecule has 0 heterocycles. The Hall–Kier alpha value is -0.730. The molecule has 1 aromatic rings. The standard InChI is InChI=1S/C11H15ClO2/c1-11(2,3)8-5-9(12)7(6-13)4-10(8)14/h4-5,13-14H,6H2,1-3H3. The summed E-state index contributed by atoms with van der Waals surface area (Å²) in [5.74, 6) is 0.186. The van der Waals surface area contributed by atoms with Crippen LogP contribution in [0.3, 0.4) is 0 Å². The lowest BCUT2D eigenvalue weighted by Gasteiger charge is -2.21. The lowest BCUT2D eigenvalue weighted by atomic mass is 9.86. The summed E-state index contributed by atoms with van der Waals surface area (Å²) in [5.41, 5.74) is 1.19. The molecule has 0 aliphatic heterocycles. The van der Waals surface area contributed by atoms with Gasteiger partial charge in [0.25, 0.3) is 0 Å². The zero-order valence-corrected chi connectivity index (χ0v) is 9.39. The van der Waals surface area contributed by atoms with Gasteiger partial charge in [0, 0.05) is 10.6 Å². The molecule has 0 unspecified atom stereocenters. The number of aromatic hydroxyl groups is 1. The van der Waals surface area contributed by atoms with Crippen molar-refractivity contribution in [2.24, 2.45) is 0 Å². The molecule has 0 radical (unpaired) electrons. The molecule has 1 rings (SSSR count). The van der Waals surface area contributed by atoms with Crippen LogP contribution in [0.15, 0.2) is 12.1 Å². The van der Waals surface area contributed by atoms with Crippen LogP contribution in [-0.4, -0.2) is 10.2 Å². The third-order valence-electron chi connectivity index (χ3n) is 2.14. The third-order valence-corrected chi connectivity index (χ3v) is 2.49. The topological polar surface area (TPSA) is 40.5 Å². The van der Waals surface area contributed by atoms with E-state index >= 15 is 0 Å². The Labute approximate surface area is 89.1 Å². The van der Waals surface area contributed by atoms with E-state index in [0.717, 1.165) is 5.56 Å². The summed E-state index contributed by atoms with van der Waals surface area (Å²) in [7, 11) is 0. The maximum Gasteiger partial charge on any atom is 0.119 e. The van der Waals surface area contributed by atoms with E-state index in [2.05, 4.69) is 0 Å². The largest absolute Gasteiger partial charge is 0.508 e. The van der Waals surface area contributed by atoms with Crippen LogP contribution in [-0.2, 0) is 12.0 Å². The first-order chi connectivity index (χ1) is 6.36. The fraction of sp³-hybridized carbons (Fsp3) is 0.455. The van der Waals surface area contributed by atoms with Gasteiger partial charge in [-0.15, -0.1) is 0 Å². The molecule has 0 atom stereocenters. The van der Waals surface area contributed by atoms with Gasteiger partial charge in [-0.25, -0.2) is 0 Å². The van der Waals surface area contributed by atoms with Crippen LogP contribution in [0.25, 0.3) is 0 Å². The van der Waals surface area contributed by atoms with Crippen molar-refractivity contribution in [1.29, 1.82) is 0 Å². The second-order valence-electron chi connectivity index (χ2n) is 4.37. The smallest absolute Gasteiger partial charge is 0.119 e. The minimum absolute atomic E-state index is 0.151. The van der Waals surface area contributed by atoms with E-state index in [1.807, 2.05) is 20.8 Å². The summed E-state index contributed by atoms with van der Waals surface area (Å²) in [4.78, 5) is 0. The fourth-order valence-corrected chi connectivity index (χ4v) is 1.55. The van der Waals surface area contributed by atoms with Gasteiger partial charge in [0.1, 0.15) is 5.75 Å². The highest BCUT2D eigenvalue weighted by molar-refractivity contribution is 6.31. The van der Waals surface area contributed by atoms with Gasteiger partial charge < -0.3 is 10.2 Å². The average Bonchev–Trinajstić information content (AvgIpc) is 2.06. The number of hydrogen-bond donors (Lipinski definition) is 2. The summed E-state index contributed by atoms with van der Waals surface area (Å²) < 4.78 is 0. The quantitative estimate of drug-likeness (QED) is 0.755. The molecule has 0 saturated heterocycles.